The third kappa shape index (κ3) is 3.49. The van der Waals surface area contributed by atoms with Gasteiger partial charge in [0.25, 0.3) is 0 Å². The van der Waals surface area contributed by atoms with Gasteiger partial charge in [-0.15, -0.1) is 0 Å². The molecule has 2 aliphatic rings. The predicted molar refractivity (Wildman–Crippen MR) is 75.4 cm³/mol. The summed E-state index contributed by atoms with van der Waals surface area (Å²) >= 11 is 1.87. The Kier molecular flexibility index (Phi) is 4.56. The average Bonchev–Trinajstić information content (AvgIpc) is 2.70. The number of allylic oxidation sites excluding steroid dienone is 1. The van der Waals surface area contributed by atoms with Crippen molar-refractivity contribution in [1.29, 1.82) is 0 Å². The van der Waals surface area contributed by atoms with Gasteiger partial charge in [0.15, 0.2) is 0 Å². The van der Waals surface area contributed by atoms with E-state index < -0.39 is 5.60 Å². The van der Waals surface area contributed by atoms with E-state index in [1.54, 1.807) is 0 Å². The first kappa shape index (κ1) is 13.4. The van der Waals surface area contributed by atoms with Crippen LogP contribution in [0.4, 0.5) is 0 Å². The minimum absolute atomic E-state index is 0.444. The van der Waals surface area contributed by atoms with E-state index in [4.69, 9.17) is 0 Å². The molecule has 0 unspecified atom stereocenters. The highest BCUT2D eigenvalue weighted by molar-refractivity contribution is 7.99. The fourth-order valence-corrected chi connectivity index (χ4v) is 4.23. The molecule has 0 aromatic heterocycles. The first-order chi connectivity index (χ1) is 8.11. The van der Waals surface area contributed by atoms with Crippen LogP contribution in [-0.2, 0) is 0 Å². The standard InChI is InChI=1S/C14H25NOS/c1-11-4-3-5-12(2)13(11)8-15-9-14(16)6-7-17-10-14/h4,12-13,15-16H,3,5-10H2,1-2H3/t12-,13+,14-/m0/s1. The summed E-state index contributed by atoms with van der Waals surface area (Å²) in [6.45, 7) is 6.39. The van der Waals surface area contributed by atoms with Crippen LogP contribution in [0.15, 0.2) is 11.6 Å². The van der Waals surface area contributed by atoms with Crippen molar-refractivity contribution in [1.82, 2.24) is 5.32 Å². The second-order valence-corrected chi connectivity index (χ2v) is 6.87. The van der Waals surface area contributed by atoms with Gasteiger partial charge in [-0.3, -0.25) is 0 Å². The van der Waals surface area contributed by atoms with E-state index >= 15 is 0 Å². The van der Waals surface area contributed by atoms with Gasteiger partial charge >= 0.3 is 0 Å². The van der Waals surface area contributed by atoms with E-state index in [1.807, 2.05) is 11.8 Å². The van der Waals surface area contributed by atoms with Gasteiger partial charge in [-0.2, -0.15) is 11.8 Å². The van der Waals surface area contributed by atoms with Crippen molar-refractivity contribution < 1.29 is 5.11 Å². The highest BCUT2D eigenvalue weighted by Gasteiger charge is 2.31. The summed E-state index contributed by atoms with van der Waals surface area (Å²) in [6.07, 6.45) is 5.88. The van der Waals surface area contributed by atoms with Crippen LogP contribution in [0.25, 0.3) is 0 Å². The lowest BCUT2D eigenvalue weighted by Crippen LogP contribution is -2.43. The molecule has 0 aromatic carbocycles. The minimum Gasteiger partial charge on any atom is -0.388 e. The van der Waals surface area contributed by atoms with Crippen molar-refractivity contribution in [2.45, 2.75) is 38.7 Å². The number of aliphatic hydroxyl groups is 1. The Morgan fingerprint density at radius 1 is 1.59 bits per heavy atom. The third-order valence-corrected chi connectivity index (χ3v) is 5.50. The third-order valence-electron chi connectivity index (χ3n) is 4.26. The van der Waals surface area contributed by atoms with Gasteiger partial charge in [-0.25, -0.2) is 0 Å². The van der Waals surface area contributed by atoms with Crippen molar-refractivity contribution in [3.63, 3.8) is 0 Å². The van der Waals surface area contributed by atoms with Crippen LogP contribution in [0.5, 0.6) is 0 Å². The lowest BCUT2D eigenvalue weighted by Gasteiger charge is -2.30. The highest BCUT2D eigenvalue weighted by Crippen LogP contribution is 2.30. The Balaban J connectivity index is 1.77. The summed E-state index contributed by atoms with van der Waals surface area (Å²) in [4.78, 5) is 0. The summed E-state index contributed by atoms with van der Waals surface area (Å²) in [6, 6.07) is 0. The highest BCUT2D eigenvalue weighted by atomic mass is 32.2. The number of thioether (sulfide) groups is 1. The molecule has 2 nitrogen and oxygen atoms in total. The van der Waals surface area contributed by atoms with E-state index in [-0.39, 0.29) is 0 Å². The van der Waals surface area contributed by atoms with E-state index in [9.17, 15) is 5.11 Å². The molecule has 0 spiro atoms. The monoisotopic (exact) mass is 255 g/mol. The molecule has 17 heavy (non-hydrogen) atoms. The van der Waals surface area contributed by atoms with Gasteiger partial charge in [0.05, 0.1) is 5.60 Å². The molecule has 1 heterocycles. The van der Waals surface area contributed by atoms with Crippen LogP contribution in [0.1, 0.15) is 33.1 Å². The van der Waals surface area contributed by atoms with Crippen molar-refractivity contribution in [3.8, 4) is 0 Å². The van der Waals surface area contributed by atoms with Gasteiger partial charge in [0.1, 0.15) is 0 Å². The first-order valence-electron chi connectivity index (χ1n) is 6.78. The molecule has 98 valence electrons. The summed E-state index contributed by atoms with van der Waals surface area (Å²) in [5, 5.41) is 13.7. The quantitative estimate of drug-likeness (QED) is 0.757. The average molecular weight is 255 g/mol. The Morgan fingerprint density at radius 2 is 2.41 bits per heavy atom. The van der Waals surface area contributed by atoms with Crippen LogP contribution < -0.4 is 5.32 Å². The Morgan fingerprint density at radius 3 is 3.06 bits per heavy atom. The first-order valence-corrected chi connectivity index (χ1v) is 7.94. The SMILES string of the molecule is CC1=CCC[C@H](C)[C@@H]1CNC[C@@]1(O)CCSC1. The largest absolute Gasteiger partial charge is 0.388 e. The number of rotatable bonds is 4. The summed E-state index contributed by atoms with van der Waals surface area (Å²) in [5.74, 6) is 3.45. The van der Waals surface area contributed by atoms with Gasteiger partial charge in [-0.05, 0) is 43.8 Å². The van der Waals surface area contributed by atoms with Gasteiger partial charge in [0.2, 0.25) is 0 Å². The number of hydrogen-bond acceptors (Lipinski definition) is 3. The molecule has 1 saturated heterocycles. The number of nitrogens with one attached hydrogen (secondary N) is 1. The summed E-state index contributed by atoms with van der Waals surface area (Å²) in [7, 11) is 0. The Hall–Kier alpha value is 0.0100. The maximum atomic E-state index is 10.3. The maximum absolute atomic E-state index is 10.3. The van der Waals surface area contributed by atoms with Crippen molar-refractivity contribution in [2.24, 2.45) is 11.8 Å². The topological polar surface area (TPSA) is 32.3 Å². The number of hydrogen-bond donors (Lipinski definition) is 2. The van der Waals surface area contributed by atoms with Crippen molar-refractivity contribution in [3.05, 3.63) is 11.6 Å². The molecule has 3 atom stereocenters. The zero-order chi connectivity index (χ0) is 12.3. The maximum Gasteiger partial charge on any atom is 0.0869 e. The zero-order valence-electron chi connectivity index (χ0n) is 11.0. The lowest BCUT2D eigenvalue weighted by molar-refractivity contribution is 0.0663. The fourth-order valence-electron chi connectivity index (χ4n) is 2.93. The summed E-state index contributed by atoms with van der Waals surface area (Å²) < 4.78 is 0. The molecule has 1 fully saturated rings. The molecule has 0 saturated carbocycles. The van der Waals surface area contributed by atoms with Crippen LogP contribution in [0, 0.1) is 11.8 Å². The van der Waals surface area contributed by atoms with Crippen molar-refractivity contribution >= 4 is 11.8 Å². The second-order valence-electron chi connectivity index (χ2n) is 5.77. The molecule has 0 amide bonds. The molecular weight excluding hydrogens is 230 g/mol. The zero-order valence-corrected chi connectivity index (χ0v) is 11.9. The molecule has 3 heteroatoms. The lowest BCUT2D eigenvalue weighted by atomic mass is 9.80. The molecular formula is C14H25NOS. The molecule has 0 radical (unpaired) electrons. The van der Waals surface area contributed by atoms with Crippen LogP contribution in [0.3, 0.4) is 0 Å². The van der Waals surface area contributed by atoms with Crippen LogP contribution in [-0.4, -0.2) is 35.3 Å². The Bertz CT molecular complexity index is 284. The molecule has 0 bridgehead atoms. The second kappa shape index (κ2) is 5.77. The van der Waals surface area contributed by atoms with Crippen LogP contribution in [0.2, 0.25) is 0 Å². The van der Waals surface area contributed by atoms with Gasteiger partial charge < -0.3 is 10.4 Å². The normalized spacial score (nSPS) is 38.2. The Labute approximate surface area is 109 Å². The van der Waals surface area contributed by atoms with E-state index in [0.29, 0.717) is 5.92 Å². The summed E-state index contributed by atoms with van der Waals surface area (Å²) in [5.41, 5.74) is 1.09. The van der Waals surface area contributed by atoms with Crippen LogP contribution >= 0.6 is 11.8 Å². The smallest absolute Gasteiger partial charge is 0.0869 e. The van der Waals surface area contributed by atoms with E-state index in [0.717, 1.165) is 36.9 Å². The predicted octanol–water partition coefficient (Wildman–Crippen LogP) is 2.44. The molecule has 2 rings (SSSR count). The van der Waals surface area contributed by atoms with Gasteiger partial charge in [-0.1, -0.05) is 18.6 Å². The molecule has 0 aromatic rings. The molecule has 1 aliphatic heterocycles. The van der Waals surface area contributed by atoms with E-state index in [2.05, 4.69) is 25.2 Å². The fraction of sp³-hybridized carbons (Fsp3) is 0.857. The minimum atomic E-state index is -0.444. The molecule has 1 aliphatic carbocycles. The van der Waals surface area contributed by atoms with Gasteiger partial charge in [0, 0.05) is 18.8 Å². The van der Waals surface area contributed by atoms with E-state index in [1.165, 1.54) is 18.4 Å². The molecule has 2 N–H and O–H groups in total. The van der Waals surface area contributed by atoms with Crippen molar-refractivity contribution in [2.75, 3.05) is 24.6 Å².